The summed E-state index contributed by atoms with van der Waals surface area (Å²) in [6.45, 7) is 5.09. The highest BCUT2D eigenvalue weighted by atomic mass is 16.5. The van der Waals surface area contributed by atoms with Crippen LogP contribution in [-0.2, 0) is 17.6 Å². The van der Waals surface area contributed by atoms with Gasteiger partial charge in [0.25, 0.3) is 0 Å². The molecule has 1 heterocycles. The van der Waals surface area contributed by atoms with Gasteiger partial charge in [0.05, 0.1) is 12.3 Å². The molecule has 28 heavy (non-hydrogen) atoms. The number of aromatic nitrogens is 1. The normalized spacial score (nSPS) is 12.1. The van der Waals surface area contributed by atoms with Gasteiger partial charge in [0.15, 0.2) is 0 Å². The lowest BCUT2D eigenvalue weighted by Gasteiger charge is -2.11. The summed E-state index contributed by atoms with van der Waals surface area (Å²) in [6, 6.07) is 18.1. The molecule has 2 aromatic carbocycles. The highest BCUT2D eigenvalue weighted by Gasteiger charge is 2.11. The Balaban J connectivity index is 1.48. The Morgan fingerprint density at radius 3 is 2.50 bits per heavy atom. The monoisotopic (exact) mass is 380 g/mol. The zero-order valence-electron chi connectivity index (χ0n) is 16.6. The number of hydrogen-bond acceptors (Lipinski definition) is 5. The molecule has 1 aromatic heterocycles. The van der Waals surface area contributed by atoms with Crippen LogP contribution in [0.1, 0.15) is 30.4 Å². The predicted octanol–water partition coefficient (Wildman–Crippen LogP) is 4.53. The summed E-state index contributed by atoms with van der Waals surface area (Å²) >= 11 is 0. The van der Waals surface area contributed by atoms with Crippen LogP contribution >= 0.6 is 0 Å². The number of benzene rings is 2. The molecule has 0 saturated heterocycles. The summed E-state index contributed by atoms with van der Waals surface area (Å²) in [4.78, 5) is 4.61. The fourth-order valence-corrected chi connectivity index (χ4v) is 2.99. The van der Waals surface area contributed by atoms with Gasteiger partial charge in [0.2, 0.25) is 5.89 Å². The molecule has 0 spiro atoms. The highest BCUT2D eigenvalue weighted by molar-refractivity contribution is 5.53. The molecule has 0 radical (unpaired) electrons. The van der Waals surface area contributed by atoms with E-state index in [4.69, 9.17) is 19.6 Å². The minimum absolute atomic E-state index is 0.201. The number of rotatable bonds is 10. The van der Waals surface area contributed by atoms with Crippen molar-refractivity contribution in [3.8, 4) is 17.2 Å². The fourth-order valence-electron chi connectivity index (χ4n) is 2.99. The van der Waals surface area contributed by atoms with Crippen LogP contribution in [0.3, 0.4) is 0 Å². The molecule has 0 saturated carbocycles. The molecule has 5 heteroatoms. The molecule has 0 amide bonds. The van der Waals surface area contributed by atoms with Crippen molar-refractivity contribution in [2.24, 2.45) is 5.73 Å². The molecule has 3 aromatic rings. The Bertz CT molecular complexity index is 844. The van der Waals surface area contributed by atoms with E-state index in [0.29, 0.717) is 25.5 Å². The fraction of sp³-hybridized carbons (Fsp3) is 0.348. The van der Waals surface area contributed by atoms with Gasteiger partial charge in [-0.25, -0.2) is 4.98 Å². The van der Waals surface area contributed by atoms with Gasteiger partial charge in [-0.3, -0.25) is 0 Å². The van der Waals surface area contributed by atoms with Crippen LogP contribution in [0.5, 0.6) is 5.75 Å². The Hall–Kier alpha value is -2.63. The van der Waals surface area contributed by atoms with Crippen molar-refractivity contribution >= 4 is 0 Å². The lowest BCUT2D eigenvalue weighted by Crippen LogP contribution is -2.24. The third-order valence-corrected chi connectivity index (χ3v) is 4.54. The maximum absolute atomic E-state index is 5.87. The van der Waals surface area contributed by atoms with Crippen LogP contribution in [0.2, 0.25) is 0 Å². The van der Waals surface area contributed by atoms with E-state index in [1.165, 1.54) is 5.56 Å². The second-order valence-electron chi connectivity index (χ2n) is 6.66. The van der Waals surface area contributed by atoms with Crippen LogP contribution in [0, 0.1) is 6.92 Å². The number of ether oxygens (including phenoxy) is 2. The third kappa shape index (κ3) is 5.68. The van der Waals surface area contributed by atoms with Gasteiger partial charge in [-0.05, 0) is 56.5 Å². The van der Waals surface area contributed by atoms with Gasteiger partial charge in [-0.15, -0.1) is 0 Å². The van der Waals surface area contributed by atoms with Gasteiger partial charge in [0, 0.05) is 18.6 Å². The summed E-state index contributed by atoms with van der Waals surface area (Å²) in [5.74, 6) is 2.34. The minimum Gasteiger partial charge on any atom is -0.493 e. The lowest BCUT2D eigenvalue weighted by molar-refractivity contribution is 0.0619. The lowest BCUT2D eigenvalue weighted by atomic mass is 10.1. The van der Waals surface area contributed by atoms with Crippen molar-refractivity contribution in [1.29, 1.82) is 0 Å². The summed E-state index contributed by atoms with van der Waals surface area (Å²) in [5.41, 5.74) is 9.01. The van der Waals surface area contributed by atoms with E-state index in [1.54, 1.807) is 0 Å². The van der Waals surface area contributed by atoms with Gasteiger partial charge in [-0.2, -0.15) is 0 Å². The number of aryl methyl sites for hydroxylation is 2. The van der Waals surface area contributed by atoms with Crippen molar-refractivity contribution in [1.82, 2.24) is 4.98 Å². The topological polar surface area (TPSA) is 70.5 Å². The number of nitrogens with zero attached hydrogens (tertiary/aromatic N) is 1. The van der Waals surface area contributed by atoms with Gasteiger partial charge < -0.3 is 19.6 Å². The van der Waals surface area contributed by atoms with E-state index in [1.807, 2.05) is 56.3 Å². The minimum atomic E-state index is -0.201. The van der Waals surface area contributed by atoms with Crippen molar-refractivity contribution in [3.05, 3.63) is 71.6 Å². The number of oxazole rings is 1. The van der Waals surface area contributed by atoms with E-state index in [-0.39, 0.29) is 6.23 Å². The van der Waals surface area contributed by atoms with Crippen molar-refractivity contribution in [2.45, 2.75) is 39.3 Å². The number of hydrogen-bond donors (Lipinski definition) is 1. The predicted molar refractivity (Wildman–Crippen MR) is 110 cm³/mol. The van der Waals surface area contributed by atoms with Crippen molar-refractivity contribution in [3.63, 3.8) is 0 Å². The van der Waals surface area contributed by atoms with E-state index in [9.17, 15) is 0 Å². The molecule has 5 nitrogen and oxygen atoms in total. The van der Waals surface area contributed by atoms with Crippen molar-refractivity contribution < 1.29 is 13.9 Å². The maximum Gasteiger partial charge on any atom is 0.226 e. The summed E-state index contributed by atoms with van der Waals surface area (Å²) in [5, 5.41) is 0. The average Bonchev–Trinajstić information content (AvgIpc) is 3.09. The SMILES string of the molecule is CCOC(N)CCc1ccc(OCCc2nc(-c3ccccc3)oc2C)cc1. The van der Waals surface area contributed by atoms with Crippen LogP contribution in [0.25, 0.3) is 11.5 Å². The Morgan fingerprint density at radius 2 is 1.79 bits per heavy atom. The van der Waals surface area contributed by atoms with E-state index in [2.05, 4.69) is 17.1 Å². The maximum atomic E-state index is 5.87. The smallest absolute Gasteiger partial charge is 0.226 e. The van der Waals surface area contributed by atoms with Gasteiger partial charge >= 0.3 is 0 Å². The summed E-state index contributed by atoms with van der Waals surface area (Å²) in [7, 11) is 0. The van der Waals surface area contributed by atoms with E-state index >= 15 is 0 Å². The first-order valence-electron chi connectivity index (χ1n) is 9.76. The molecule has 1 unspecified atom stereocenters. The number of nitrogens with two attached hydrogens (primary N) is 1. The van der Waals surface area contributed by atoms with E-state index in [0.717, 1.165) is 35.6 Å². The second-order valence-corrected chi connectivity index (χ2v) is 6.66. The Labute approximate surface area is 166 Å². The molecule has 0 aliphatic heterocycles. The Morgan fingerprint density at radius 1 is 1.04 bits per heavy atom. The molecule has 0 aliphatic carbocycles. The summed E-state index contributed by atoms with van der Waals surface area (Å²) < 4.78 is 17.0. The van der Waals surface area contributed by atoms with Crippen LogP contribution in [-0.4, -0.2) is 24.4 Å². The van der Waals surface area contributed by atoms with Crippen LogP contribution in [0.15, 0.2) is 59.0 Å². The first-order valence-corrected chi connectivity index (χ1v) is 9.76. The molecule has 2 N–H and O–H groups in total. The molecule has 148 valence electrons. The zero-order chi connectivity index (χ0) is 19.8. The highest BCUT2D eigenvalue weighted by Crippen LogP contribution is 2.22. The molecular weight excluding hydrogens is 352 g/mol. The van der Waals surface area contributed by atoms with Crippen LogP contribution < -0.4 is 10.5 Å². The largest absolute Gasteiger partial charge is 0.493 e. The molecule has 1 atom stereocenters. The van der Waals surface area contributed by atoms with Gasteiger partial charge in [0.1, 0.15) is 17.7 Å². The molecule has 0 fully saturated rings. The van der Waals surface area contributed by atoms with Crippen molar-refractivity contribution in [2.75, 3.05) is 13.2 Å². The first-order chi connectivity index (χ1) is 13.7. The quantitative estimate of drug-likeness (QED) is 0.524. The average molecular weight is 380 g/mol. The third-order valence-electron chi connectivity index (χ3n) is 4.54. The molecule has 3 rings (SSSR count). The summed E-state index contributed by atoms with van der Waals surface area (Å²) in [6.07, 6.45) is 2.20. The Kier molecular flexibility index (Phi) is 7.23. The van der Waals surface area contributed by atoms with Crippen LogP contribution in [0.4, 0.5) is 0 Å². The second kappa shape index (κ2) is 10.1. The molecule has 0 aliphatic rings. The molecule has 0 bridgehead atoms. The van der Waals surface area contributed by atoms with E-state index < -0.39 is 0 Å². The first kappa shape index (κ1) is 20.1. The standard InChI is InChI=1S/C23H28N2O3/c1-3-26-22(24)14-11-18-9-12-20(13-10-18)27-16-15-21-17(2)28-23(25-21)19-7-5-4-6-8-19/h4-10,12-13,22H,3,11,14-16,24H2,1-2H3. The molecular formula is C23H28N2O3. The zero-order valence-corrected chi connectivity index (χ0v) is 16.6. The van der Waals surface area contributed by atoms with Gasteiger partial charge in [-0.1, -0.05) is 30.3 Å².